The molecular formula is C11H14ClN5O2. The molecule has 0 unspecified atom stereocenters. The molecule has 19 heavy (non-hydrogen) atoms. The zero-order valence-corrected chi connectivity index (χ0v) is 11.4. The first kappa shape index (κ1) is 13.5. The Morgan fingerprint density at radius 1 is 1.58 bits per heavy atom. The summed E-state index contributed by atoms with van der Waals surface area (Å²) in [7, 11) is 1.49. The van der Waals surface area contributed by atoms with E-state index in [0.29, 0.717) is 37.0 Å². The van der Waals surface area contributed by atoms with Gasteiger partial charge in [0.15, 0.2) is 10.8 Å². The van der Waals surface area contributed by atoms with E-state index in [-0.39, 0.29) is 11.2 Å². The highest BCUT2D eigenvalue weighted by Crippen LogP contribution is 2.31. The standard InChI is InChI=1S/C11H14ClN5O2/c1-7-15-9(12)8(10(16-7)19-2)13-3-5-17-6-4-14-11(17)18/h3H,4-6H2,1-2H3,(H,14,18). The maximum atomic E-state index is 11.3. The van der Waals surface area contributed by atoms with Gasteiger partial charge in [-0.1, -0.05) is 11.6 Å². The number of carbonyl (C=O) groups is 1. The van der Waals surface area contributed by atoms with Crippen LogP contribution >= 0.6 is 11.6 Å². The number of amides is 2. The number of hydrogen-bond acceptors (Lipinski definition) is 5. The van der Waals surface area contributed by atoms with Gasteiger partial charge in [-0.25, -0.2) is 9.78 Å². The highest BCUT2D eigenvalue weighted by atomic mass is 35.5. The largest absolute Gasteiger partial charge is 0.479 e. The molecule has 1 aromatic heterocycles. The van der Waals surface area contributed by atoms with Crippen LogP contribution in [-0.4, -0.2) is 53.9 Å². The van der Waals surface area contributed by atoms with Crippen molar-refractivity contribution in [2.75, 3.05) is 26.7 Å². The topological polar surface area (TPSA) is 79.7 Å². The Bertz CT molecular complexity index is 520. The van der Waals surface area contributed by atoms with Crippen molar-refractivity contribution in [2.45, 2.75) is 6.92 Å². The van der Waals surface area contributed by atoms with Crippen molar-refractivity contribution in [1.29, 1.82) is 0 Å². The number of halogens is 1. The van der Waals surface area contributed by atoms with Crippen LogP contribution in [0.1, 0.15) is 5.82 Å². The molecule has 0 radical (unpaired) electrons. The summed E-state index contributed by atoms with van der Waals surface area (Å²) in [5, 5.41) is 2.94. The second kappa shape index (κ2) is 5.83. The number of urea groups is 1. The van der Waals surface area contributed by atoms with Crippen LogP contribution in [-0.2, 0) is 0 Å². The third-order valence-electron chi connectivity index (χ3n) is 2.58. The fourth-order valence-corrected chi connectivity index (χ4v) is 1.93. The van der Waals surface area contributed by atoms with Crippen LogP contribution in [0.5, 0.6) is 5.88 Å². The van der Waals surface area contributed by atoms with Crippen molar-refractivity contribution in [2.24, 2.45) is 4.99 Å². The Morgan fingerprint density at radius 3 is 3.00 bits per heavy atom. The molecule has 1 aromatic rings. The maximum Gasteiger partial charge on any atom is 0.317 e. The van der Waals surface area contributed by atoms with Gasteiger partial charge in [0.2, 0.25) is 5.88 Å². The minimum Gasteiger partial charge on any atom is -0.479 e. The number of hydrogen-bond donors (Lipinski definition) is 1. The number of methoxy groups -OCH3 is 1. The Balaban J connectivity index is 2.12. The van der Waals surface area contributed by atoms with Crippen LogP contribution in [0.15, 0.2) is 4.99 Å². The lowest BCUT2D eigenvalue weighted by atomic mass is 10.4. The Kier molecular flexibility index (Phi) is 4.16. The molecule has 7 nitrogen and oxygen atoms in total. The van der Waals surface area contributed by atoms with E-state index in [4.69, 9.17) is 16.3 Å². The van der Waals surface area contributed by atoms with Crippen molar-refractivity contribution in [3.05, 3.63) is 11.0 Å². The number of ether oxygens (including phenoxy) is 1. The molecule has 0 saturated carbocycles. The highest BCUT2D eigenvalue weighted by molar-refractivity contribution is 6.32. The molecule has 2 amide bonds. The second-order valence-corrected chi connectivity index (χ2v) is 4.27. The fraction of sp³-hybridized carbons (Fsp3) is 0.455. The van der Waals surface area contributed by atoms with Gasteiger partial charge in [-0.05, 0) is 6.92 Å². The van der Waals surface area contributed by atoms with Gasteiger partial charge >= 0.3 is 6.03 Å². The normalized spacial score (nSPS) is 15.1. The van der Waals surface area contributed by atoms with Crippen LogP contribution in [0, 0.1) is 6.92 Å². The summed E-state index contributed by atoms with van der Waals surface area (Å²) < 4.78 is 5.11. The zero-order chi connectivity index (χ0) is 13.8. The summed E-state index contributed by atoms with van der Waals surface area (Å²) in [6, 6.07) is -0.0929. The van der Waals surface area contributed by atoms with Crippen LogP contribution in [0.2, 0.25) is 5.15 Å². The molecule has 102 valence electrons. The van der Waals surface area contributed by atoms with E-state index in [0.717, 1.165) is 0 Å². The number of aliphatic imine (C=N–C) groups is 1. The molecule has 1 N–H and O–H groups in total. The first-order chi connectivity index (χ1) is 9.11. The average molecular weight is 284 g/mol. The molecule has 0 atom stereocenters. The molecule has 1 saturated heterocycles. The van der Waals surface area contributed by atoms with E-state index in [1.54, 1.807) is 18.0 Å². The predicted molar refractivity (Wildman–Crippen MR) is 71.5 cm³/mol. The number of aryl methyl sites for hydroxylation is 1. The molecular weight excluding hydrogens is 270 g/mol. The summed E-state index contributed by atoms with van der Waals surface area (Å²) in [6.07, 6.45) is 1.59. The molecule has 0 spiro atoms. The number of carbonyl (C=O) groups excluding carboxylic acids is 1. The van der Waals surface area contributed by atoms with Gasteiger partial charge in [-0.15, -0.1) is 0 Å². The van der Waals surface area contributed by atoms with Gasteiger partial charge in [0.1, 0.15) is 5.82 Å². The summed E-state index contributed by atoms with van der Waals surface area (Å²) in [5.41, 5.74) is 0.370. The first-order valence-electron chi connectivity index (χ1n) is 5.75. The lowest BCUT2D eigenvalue weighted by Crippen LogP contribution is -2.29. The van der Waals surface area contributed by atoms with Crippen molar-refractivity contribution < 1.29 is 9.53 Å². The van der Waals surface area contributed by atoms with Crippen LogP contribution in [0.3, 0.4) is 0 Å². The summed E-state index contributed by atoms with van der Waals surface area (Å²) >= 11 is 6.00. The zero-order valence-electron chi connectivity index (χ0n) is 10.7. The second-order valence-electron chi connectivity index (χ2n) is 3.91. The molecule has 1 aliphatic heterocycles. The molecule has 1 fully saturated rings. The van der Waals surface area contributed by atoms with E-state index >= 15 is 0 Å². The molecule has 0 aromatic carbocycles. The van der Waals surface area contributed by atoms with Gasteiger partial charge in [-0.2, -0.15) is 4.98 Å². The SMILES string of the molecule is COc1nc(C)nc(Cl)c1N=CCN1CCNC1=O. The smallest absolute Gasteiger partial charge is 0.317 e. The molecule has 2 heterocycles. The lowest BCUT2D eigenvalue weighted by Gasteiger charge is -2.10. The van der Waals surface area contributed by atoms with E-state index < -0.39 is 0 Å². The number of rotatable bonds is 4. The lowest BCUT2D eigenvalue weighted by molar-refractivity contribution is 0.223. The van der Waals surface area contributed by atoms with E-state index in [1.807, 2.05) is 0 Å². The Hall–Kier alpha value is -1.89. The summed E-state index contributed by atoms with van der Waals surface area (Å²) in [6.45, 7) is 3.44. The Morgan fingerprint density at radius 2 is 2.37 bits per heavy atom. The van der Waals surface area contributed by atoms with Gasteiger partial charge in [0.05, 0.1) is 13.7 Å². The van der Waals surface area contributed by atoms with Crippen LogP contribution in [0.25, 0.3) is 0 Å². The number of nitrogens with zero attached hydrogens (tertiary/aromatic N) is 4. The summed E-state index contributed by atoms with van der Waals surface area (Å²) in [4.78, 5) is 25.3. The third kappa shape index (κ3) is 3.11. The number of aromatic nitrogens is 2. The van der Waals surface area contributed by atoms with E-state index in [1.165, 1.54) is 7.11 Å². The molecule has 0 bridgehead atoms. The minimum atomic E-state index is -0.0929. The van der Waals surface area contributed by atoms with Gasteiger partial charge in [-0.3, -0.25) is 4.99 Å². The predicted octanol–water partition coefficient (Wildman–Crippen LogP) is 1.17. The van der Waals surface area contributed by atoms with Gasteiger partial charge in [0, 0.05) is 19.3 Å². The van der Waals surface area contributed by atoms with Gasteiger partial charge < -0.3 is 15.0 Å². The van der Waals surface area contributed by atoms with Crippen molar-refractivity contribution >= 4 is 29.5 Å². The molecule has 2 rings (SSSR count). The molecule has 8 heteroatoms. The van der Waals surface area contributed by atoms with Crippen molar-refractivity contribution in [1.82, 2.24) is 20.2 Å². The van der Waals surface area contributed by atoms with Crippen molar-refractivity contribution in [3.8, 4) is 5.88 Å². The van der Waals surface area contributed by atoms with Crippen LogP contribution < -0.4 is 10.1 Å². The monoisotopic (exact) mass is 283 g/mol. The highest BCUT2D eigenvalue weighted by Gasteiger charge is 2.18. The van der Waals surface area contributed by atoms with E-state index in [9.17, 15) is 4.79 Å². The average Bonchev–Trinajstić information content (AvgIpc) is 2.77. The Labute approximate surface area is 115 Å². The minimum absolute atomic E-state index is 0.0929. The summed E-state index contributed by atoms with van der Waals surface area (Å²) in [5.74, 6) is 0.833. The fourth-order valence-electron chi connectivity index (χ4n) is 1.67. The molecule has 0 aliphatic carbocycles. The first-order valence-corrected chi connectivity index (χ1v) is 6.13. The molecule has 1 aliphatic rings. The van der Waals surface area contributed by atoms with Crippen LogP contribution in [0.4, 0.5) is 10.5 Å². The maximum absolute atomic E-state index is 11.3. The quantitative estimate of drug-likeness (QED) is 0.664. The van der Waals surface area contributed by atoms with E-state index in [2.05, 4.69) is 20.3 Å². The van der Waals surface area contributed by atoms with Gasteiger partial charge in [0.25, 0.3) is 0 Å². The third-order valence-corrected chi connectivity index (χ3v) is 2.85. The van der Waals surface area contributed by atoms with Crippen molar-refractivity contribution in [3.63, 3.8) is 0 Å². The number of nitrogens with one attached hydrogen (secondary N) is 1.